The van der Waals surface area contributed by atoms with E-state index in [9.17, 15) is 4.79 Å². The summed E-state index contributed by atoms with van der Waals surface area (Å²) in [5, 5.41) is 3.73. The molecular formula is C4H5N2OP. The van der Waals surface area contributed by atoms with E-state index < -0.39 is 0 Å². The summed E-state index contributed by atoms with van der Waals surface area (Å²) in [6.07, 6.45) is 0. The zero-order valence-corrected chi connectivity index (χ0v) is 5.30. The van der Waals surface area contributed by atoms with Crippen LogP contribution in [0.2, 0.25) is 0 Å². The van der Waals surface area contributed by atoms with Gasteiger partial charge >= 0.3 is 0 Å². The van der Waals surface area contributed by atoms with Crippen LogP contribution >= 0.6 is 8.19 Å². The van der Waals surface area contributed by atoms with Crippen molar-refractivity contribution in [2.45, 2.75) is 6.92 Å². The quantitative estimate of drug-likeness (QED) is 0.524. The van der Waals surface area contributed by atoms with Crippen LogP contribution in [0.5, 0.6) is 0 Å². The first-order valence-electron chi connectivity index (χ1n) is 2.16. The minimum absolute atomic E-state index is 0.0359. The number of aromatic nitrogens is 2. The lowest BCUT2D eigenvalue weighted by Gasteiger charge is -1.86. The van der Waals surface area contributed by atoms with E-state index in [1.165, 1.54) is 11.6 Å². The van der Waals surface area contributed by atoms with E-state index in [0.717, 1.165) is 8.19 Å². The molecule has 0 aliphatic carbocycles. The fraction of sp³-hybridized carbons (Fsp3) is 0.250. The third-order valence-corrected chi connectivity index (χ3v) is 1.33. The number of hydrogen-bond acceptors (Lipinski definition) is 2. The maximum atomic E-state index is 10.4. The van der Waals surface area contributed by atoms with Gasteiger partial charge in [-0.05, 0) is 8.19 Å². The van der Waals surface area contributed by atoms with Crippen LogP contribution in [0.15, 0.2) is 11.9 Å². The van der Waals surface area contributed by atoms with Gasteiger partial charge in [0.15, 0.2) is 0 Å². The molecule has 0 saturated heterocycles. The summed E-state index contributed by atoms with van der Waals surface area (Å²) in [5.41, 5.74) is 0. The normalized spacial score (nSPS) is 10.1. The monoisotopic (exact) mass is 128 g/mol. The minimum atomic E-state index is -0.0359. The van der Waals surface area contributed by atoms with Gasteiger partial charge in [0.1, 0.15) is 0 Å². The molecular weight excluding hydrogens is 123 g/mol. The van der Waals surface area contributed by atoms with Crippen LogP contribution in [0.25, 0.3) is 0 Å². The number of carbonyl (C=O) groups excluding carboxylic acids is 1. The van der Waals surface area contributed by atoms with Crippen molar-refractivity contribution in [2.24, 2.45) is 0 Å². The van der Waals surface area contributed by atoms with Crippen molar-refractivity contribution in [3.05, 3.63) is 11.9 Å². The van der Waals surface area contributed by atoms with Gasteiger partial charge in [0, 0.05) is 6.92 Å². The SMILES string of the molecule is CC(=O)n1cpcn1. The molecule has 1 rings (SSSR count). The lowest BCUT2D eigenvalue weighted by atomic mass is 10.7. The molecule has 42 valence electrons. The van der Waals surface area contributed by atoms with Crippen molar-refractivity contribution in [2.75, 3.05) is 0 Å². The highest BCUT2D eigenvalue weighted by molar-refractivity contribution is 7.28. The molecule has 4 heteroatoms. The molecule has 0 aliphatic heterocycles. The summed E-state index contributed by atoms with van der Waals surface area (Å²) in [7, 11) is 0.985. The molecule has 0 unspecified atom stereocenters. The Morgan fingerprint density at radius 3 is 2.88 bits per heavy atom. The lowest BCUT2D eigenvalue weighted by Crippen LogP contribution is -2.04. The van der Waals surface area contributed by atoms with Crippen molar-refractivity contribution < 1.29 is 4.79 Å². The molecule has 0 bridgehead atoms. The van der Waals surface area contributed by atoms with Gasteiger partial charge < -0.3 is 0 Å². The molecule has 0 atom stereocenters. The average Bonchev–Trinajstić information content (AvgIpc) is 2.12. The molecule has 0 N–H and O–H groups in total. The summed E-state index contributed by atoms with van der Waals surface area (Å²) in [6.45, 7) is 1.48. The van der Waals surface area contributed by atoms with Crippen molar-refractivity contribution in [1.29, 1.82) is 0 Å². The van der Waals surface area contributed by atoms with Gasteiger partial charge in [-0.1, -0.05) is 0 Å². The maximum Gasteiger partial charge on any atom is 0.244 e. The second-order valence-electron chi connectivity index (χ2n) is 1.36. The zero-order chi connectivity index (χ0) is 5.98. The predicted octanol–water partition coefficient (Wildman–Crippen LogP) is 1.12. The van der Waals surface area contributed by atoms with Crippen LogP contribution in [0.3, 0.4) is 0 Å². The van der Waals surface area contributed by atoms with E-state index in [0.29, 0.717) is 0 Å². The van der Waals surface area contributed by atoms with E-state index in [4.69, 9.17) is 0 Å². The largest absolute Gasteiger partial charge is 0.273 e. The zero-order valence-electron chi connectivity index (χ0n) is 4.40. The molecule has 0 radical (unpaired) electrons. The van der Waals surface area contributed by atoms with Gasteiger partial charge in [-0.15, -0.1) is 0 Å². The highest BCUT2D eigenvalue weighted by Gasteiger charge is 1.91. The van der Waals surface area contributed by atoms with Crippen LogP contribution < -0.4 is 0 Å². The standard InChI is InChI=1S/C4H5N2OP/c1-4(7)6-3-8-2-5-6/h2-3H,1H3. The van der Waals surface area contributed by atoms with E-state index in [1.54, 1.807) is 11.9 Å². The third-order valence-electron chi connectivity index (χ3n) is 0.741. The number of rotatable bonds is 0. The Balaban J connectivity index is 2.93. The number of carbonyl (C=O) groups is 1. The Morgan fingerprint density at radius 1 is 1.88 bits per heavy atom. The van der Waals surface area contributed by atoms with Crippen molar-refractivity contribution in [1.82, 2.24) is 9.78 Å². The van der Waals surface area contributed by atoms with E-state index in [2.05, 4.69) is 5.10 Å². The Hall–Kier alpha value is -0.690. The molecule has 8 heavy (non-hydrogen) atoms. The first-order chi connectivity index (χ1) is 3.80. The van der Waals surface area contributed by atoms with Gasteiger partial charge in [-0.2, -0.15) is 5.10 Å². The molecule has 1 aromatic rings. The molecule has 1 heterocycles. The fourth-order valence-corrected chi connectivity index (χ4v) is 0.950. The summed E-state index contributed by atoms with van der Waals surface area (Å²) in [6, 6.07) is 0. The second kappa shape index (κ2) is 2.05. The Morgan fingerprint density at radius 2 is 2.62 bits per heavy atom. The van der Waals surface area contributed by atoms with Gasteiger partial charge in [0.05, 0.1) is 11.9 Å². The summed E-state index contributed by atoms with van der Waals surface area (Å²) in [5.74, 6) is 3.34. The topological polar surface area (TPSA) is 34.9 Å². The van der Waals surface area contributed by atoms with Crippen LogP contribution in [-0.4, -0.2) is 15.7 Å². The molecule has 0 amide bonds. The lowest BCUT2D eigenvalue weighted by molar-refractivity contribution is 0.0921. The first kappa shape index (κ1) is 5.45. The Labute approximate surface area is 48.4 Å². The molecule has 3 nitrogen and oxygen atoms in total. The number of hydrogen-bond donors (Lipinski definition) is 0. The maximum absolute atomic E-state index is 10.4. The fourth-order valence-electron chi connectivity index (χ4n) is 0.371. The van der Waals surface area contributed by atoms with Gasteiger partial charge in [-0.3, -0.25) is 4.79 Å². The molecule has 0 saturated carbocycles. The number of nitrogens with zero attached hydrogens (tertiary/aromatic N) is 2. The second-order valence-corrected chi connectivity index (χ2v) is 2.12. The molecule has 0 fully saturated rings. The highest BCUT2D eigenvalue weighted by Crippen LogP contribution is 1.98. The van der Waals surface area contributed by atoms with Gasteiger partial charge in [-0.25, -0.2) is 4.68 Å². The van der Waals surface area contributed by atoms with E-state index in [1.807, 2.05) is 0 Å². The minimum Gasteiger partial charge on any atom is -0.273 e. The average molecular weight is 128 g/mol. The van der Waals surface area contributed by atoms with E-state index >= 15 is 0 Å². The van der Waals surface area contributed by atoms with Crippen LogP contribution in [0.4, 0.5) is 0 Å². The first-order valence-corrected chi connectivity index (χ1v) is 3.19. The predicted molar refractivity (Wildman–Crippen MR) is 31.0 cm³/mol. The molecule has 0 aromatic carbocycles. The summed E-state index contributed by atoms with van der Waals surface area (Å²) < 4.78 is 1.32. The van der Waals surface area contributed by atoms with Gasteiger partial charge in [0.25, 0.3) is 0 Å². The van der Waals surface area contributed by atoms with Crippen molar-refractivity contribution in [3.8, 4) is 0 Å². The van der Waals surface area contributed by atoms with Crippen LogP contribution in [-0.2, 0) is 0 Å². The molecule has 0 spiro atoms. The van der Waals surface area contributed by atoms with Crippen molar-refractivity contribution in [3.63, 3.8) is 0 Å². The summed E-state index contributed by atoms with van der Waals surface area (Å²) >= 11 is 0. The molecule has 0 aliphatic rings. The Kier molecular flexibility index (Phi) is 1.40. The Bertz CT molecular complexity index is 182. The molecule has 1 aromatic heterocycles. The van der Waals surface area contributed by atoms with Crippen LogP contribution in [0, 0.1) is 0 Å². The smallest absolute Gasteiger partial charge is 0.244 e. The summed E-state index contributed by atoms with van der Waals surface area (Å²) in [4.78, 5) is 10.4. The highest BCUT2D eigenvalue weighted by atomic mass is 31.0. The van der Waals surface area contributed by atoms with Crippen molar-refractivity contribution >= 4 is 14.1 Å². The third kappa shape index (κ3) is 0.928. The van der Waals surface area contributed by atoms with Crippen LogP contribution in [0.1, 0.15) is 11.7 Å². The van der Waals surface area contributed by atoms with E-state index in [-0.39, 0.29) is 5.91 Å². The van der Waals surface area contributed by atoms with Gasteiger partial charge in [0.2, 0.25) is 5.91 Å².